The summed E-state index contributed by atoms with van der Waals surface area (Å²) in [6.45, 7) is 1.81. The molecule has 0 heterocycles. The molecule has 0 aliphatic heterocycles. The Kier molecular flexibility index (Phi) is 5.61. The van der Waals surface area contributed by atoms with E-state index in [2.05, 4.69) is 5.32 Å². The lowest BCUT2D eigenvalue weighted by atomic mass is 10.0. The van der Waals surface area contributed by atoms with Gasteiger partial charge in [0.25, 0.3) is 5.91 Å². The number of aryl methyl sites for hydroxylation is 1. The maximum Gasteiger partial charge on any atom is 0.262 e. The smallest absolute Gasteiger partial charge is 0.262 e. The van der Waals surface area contributed by atoms with Crippen LogP contribution >= 0.6 is 0 Å². The average molecular weight is 363 g/mol. The summed E-state index contributed by atoms with van der Waals surface area (Å²) in [7, 11) is 0. The first kappa shape index (κ1) is 18.3. The maximum absolute atomic E-state index is 13.0. The molecular weight excluding hydrogens is 345 g/mol. The van der Waals surface area contributed by atoms with Crippen molar-refractivity contribution in [3.05, 3.63) is 95.3 Å². The van der Waals surface area contributed by atoms with Crippen molar-refractivity contribution >= 4 is 17.4 Å². The number of halogens is 1. The van der Waals surface area contributed by atoms with E-state index in [0.29, 0.717) is 22.6 Å². The van der Waals surface area contributed by atoms with E-state index in [1.54, 1.807) is 30.3 Å². The number of benzene rings is 3. The monoisotopic (exact) mass is 363 g/mol. The highest BCUT2D eigenvalue weighted by molar-refractivity contribution is 6.09. The fourth-order valence-corrected chi connectivity index (χ4v) is 2.54. The zero-order valence-electron chi connectivity index (χ0n) is 14.7. The van der Waals surface area contributed by atoms with Gasteiger partial charge in [0.05, 0.1) is 0 Å². The molecule has 4 nitrogen and oxygen atoms in total. The van der Waals surface area contributed by atoms with Crippen LogP contribution in [0.2, 0.25) is 0 Å². The Morgan fingerprint density at radius 2 is 1.56 bits per heavy atom. The van der Waals surface area contributed by atoms with E-state index in [1.807, 2.05) is 25.1 Å². The number of hydrogen-bond acceptors (Lipinski definition) is 3. The van der Waals surface area contributed by atoms with E-state index in [1.165, 1.54) is 24.3 Å². The van der Waals surface area contributed by atoms with Gasteiger partial charge in [-0.25, -0.2) is 4.39 Å². The van der Waals surface area contributed by atoms with Crippen molar-refractivity contribution in [1.29, 1.82) is 0 Å². The van der Waals surface area contributed by atoms with Gasteiger partial charge in [0.2, 0.25) is 0 Å². The van der Waals surface area contributed by atoms with E-state index in [-0.39, 0.29) is 24.1 Å². The molecular formula is C22H18FNO3. The minimum Gasteiger partial charge on any atom is -0.484 e. The third kappa shape index (κ3) is 5.01. The number of carbonyl (C=O) groups excluding carboxylic acids is 2. The molecule has 3 aromatic carbocycles. The fraction of sp³-hybridized carbons (Fsp3) is 0.0909. The number of amides is 1. The van der Waals surface area contributed by atoms with Crippen molar-refractivity contribution in [1.82, 2.24) is 0 Å². The Bertz CT molecular complexity index is 950. The molecule has 0 aromatic heterocycles. The van der Waals surface area contributed by atoms with Gasteiger partial charge >= 0.3 is 0 Å². The molecule has 5 heteroatoms. The highest BCUT2D eigenvalue weighted by atomic mass is 19.1. The normalized spacial score (nSPS) is 10.3. The van der Waals surface area contributed by atoms with Gasteiger partial charge < -0.3 is 10.1 Å². The van der Waals surface area contributed by atoms with Crippen LogP contribution in [0, 0.1) is 12.7 Å². The van der Waals surface area contributed by atoms with Crippen molar-refractivity contribution in [2.75, 3.05) is 11.9 Å². The minimum absolute atomic E-state index is 0.140. The number of ketones is 1. The Morgan fingerprint density at radius 3 is 2.19 bits per heavy atom. The quantitative estimate of drug-likeness (QED) is 0.661. The van der Waals surface area contributed by atoms with E-state index < -0.39 is 0 Å². The number of hydrogen-bond donors (Lipinski definition) is 1. The second-order valence-corrected chi connectivity index (χ2v) is 6.07. The van der Waals surface area contributed by atoms with Crippen LogP contribution in [0.3, 0.4) is 0 Å². The predicted molar refractivity (Wildman–Crippen MR) is 102 cm³/mol. The van der Waals surface area contributed by atoms with Gasteiger partial charge in [-0.15, -0.1) is 0 Å². The Balaban J connectivity index is 1.56. The Labute approximate surface area is 156 Å². The van der Waals surface area contributed by atoms with Gasteiger partial charge in [-0.1, -0.05) is 12.1 Å². The number of rotatable bonds is 6. The van der Waals surface area contributed by atoms with Crippen molar-refractivity contribution in [2.24, 2.45) is 0 Å². The van der Waals surface area contributed by atoms with Crippen LogP contribution < -0.4 is 10.1 Å². The van der Waals surface area contributed by atoms with Crippen molar-refractivity contribution in [2.45, 2.75) is 6.92 Å². The molecule has 0 atom stereocenters. The molecule has 0 unspecified atom stereocenters. The zero-order valence-corrected chi connectivity index (χ0v) is 14.7. The first-order valence-corrected chi connectivity index (χ1v) is 8.41. The summed E-state index contributed by atoms with van der Waals surface area (Å²) in [4.78, 5) is 24.3. The number of anilines is 1. The first-order valence-electron chi connectivity index (χ1n) is 8.41. The van der Waals surface area contributed by atoms with Gasteiger partial charge in [0.1, 0.15) is 11.6 Å². The molecule has 0 bridgehead atoms. The highest BCUT2D eigenvalue weighted by Crippen LogP contribution is 2.16. The molecule has 1 N–H and O–H groups in total. The third-order valence-corrected chi connectivity index (χ3v) is 3.89. The van der Waals surface area contributed by atoms with Crippen molar-refractivity contribution in [3.8, 4) is 5.75 Å². The SMILES string of the molecule is Cc1cccc(NC(=O)COc2ccc(C(=O)c3ccc(F)cc3)cc2)c1. The molecule has 0 aliphatic rings. The van der Waals surface area contributed by atoms with Gasteiger partial charge in [0, 0.05) is 16.8 Å². The molecule has 1 amide bonds. The number of carbonyl (C=O) groups is 2. The summed E-state index contributed by atoms with van der Waals surface area (Å²) in [6, 6.07) is 19.3. The topological polar surface area (TPSA) is 55.4 Å². The summed E-state index contributed by atoms with van der Waals surface area (Å²) in [5.74, 6) is -0.393. The Hall–Kier alpha value is -3.47. The average Bonchev–Trinajstić information content (AvgIpc) is 2.67. The lowest BCUT2D eigenvalue weighted by Gasteiger charge is -2.08. The minimum atomic E-state index is -0.390. The van der Waals surface area contributed by atoms with Gasteiger partial charge in [-0.2, -0.15) is 0 Å². The second-order valence-electron chi connectivity index (χ2n) is 6.07. The maximum atomic E-state index is 13.0. The standard InChI is InChI=1S/C22H18FNO3/c1-15-3-2-4-19(13-15)24-21(25)14-27-20-11-7-17(8-12-20)22(26)16-5-9-18(23)10-6-16/h2-13H,14H2,1H3,(H,24,25). The summed E-state index contributed by atoms with van der Waals surface area (Å²) in [6.07, 6.45) is 0. The summed E-state index contributed by atoms with van der Waals surface area (Å²) < 4.78 is 18.4. The number of ether oxygens (including phenoxy) is 1. The summed E-state index contributed by atoms with van der Waals surface area (Å²) >= 11 is 0. The molecule has 136 valence electrons. The fourth-order valence-electron chi connectivity index (χ4n) is 2.54. The van der Waals surface area contributed by atoms with Crippen LogP contribution in [0.4, 0.5) is 10.1 Å². The molecule has 0 spiro atoms. The molecule has 0 saturated carbocycles. The van der Waals surface area contributed by atoms with Crippen molar-refractivity contribution < 1.29 is 18.7 Å². The molecule has 0 fully saturated rings. The first-order chi connectivity index (χ1) is 13.0. The van der Waals surface area contributed by atoms with Gasteiger partial charge in [-0.05, 0) is 73.2 Å². The number of nitrogens with one attached hydrogen (secondary N) is 1. The van der Waals surface area contributed by atoms with Gasteiger partial charge in [-0.3, -0.25) is 9.59 Å². The van der Waals surface area contributed by atoms with Crippen LogP contribution in [0.25, 0.3) is 0 Å². The van der Waals surface area contributed by atoms with Crippen LogP contribution in [-0.2, 0) is 4.79 Å². The van der Waals surface area contributed by atoms with E-state index in [0.717, 1.165) is 5.56 Å². The lowest BCUT2D eigenvalue weighted by molar-refractivity contribution is -0.118. The van der Waals surface area contributed by atoms with Crippen LogP contribution in [0.5, 0.6) is 5.75 Å². The van der Waals surface area contributed by atoms with Gasteiger partial charge in [0.15, 0.2) is 12.4 Å². The highest BCUT2D eigenvalue weighted by Gasteiger charge is 2.10. The molecule has 3 rings (SSSR count). The second kappa shape index (κ2) is 8.27. The molecule has 0 saturated heterocycles. The molecule has 27 heavy (non-hydrogen) atoms. The van der Waals surface area contributed by atoms with Crippen LogP contribution in [-0.4, -0.2) is 18.3 Å². The van der Waals surface area contributed by atoms with E-state index >= 15 is 0 Å². The zero-order chi connectivity index (χ0) is 19.2. The van der Waals surface area contributed by atoms with Crippen LogP contribution in [0.1, 0.15) is 21.5 Å². The largest absolute Gasteiger partial charge is 0.484 e. The lowest BCUT2D eigenvalue weighted by Crippen LogP contribution is -2.20. The third-order valence-electron chi connectivity index (χ3n) is 3.89. The molecule has 3 aromatic rings. The Morgan fingerprint density at radius 1 is 0.926 bits per heavy atom. The van der Waals surface area contributed by atoms with Crippen molar-refractivity contribution in [3.63, 3.8) is 0 Å². The van der Waals surface area contributed by atoms with E-state index in [4.69, 9.17) is 4.74 Å². The summed E-state index contributed by atoms with van der Waals surface area (Å²) in [5, 5.41) is 2.76. The molecule has 0 radical (unpaired) electrons. The van der Waals surface area contributed by atoms with E-state index in [9.17, 15) is 14.0 Å². The predicted octanol–water partition coefficient (Wildman–Crippen LogP) is 4.38. The summed E-state index contributed by atoms with van der Waals surface area (Å²) in [5.41, 5.74) is 2.62. The van der Waals surface area contributed by atoms with Crippen LogP contribution in [0.15, 0.2) is 72.8 Å². The molecule has 0 aliphatic carbocycles.